The number of carbonyl (C=O) groups excluding carboxylic acids is 2. The maximum absolute atomic E-state index is 13.0. The Hall–Kier alpha value is -2.02. The summed E-state index contributed by atoms with van der Waals surface area (Å²) >= 11 is 3.57. The molecular weight excluding hydrogens is 374 g/mol. The van der Waals surface area contributed by atoms with Crippen LogP contribution in [0.15, 0.2) is 28.7 Å². The highest BCUT2D eigenvalue weighted by Crippen LogP contribution is 2.31. The number of aromatic nitrogens is 1. The number of rotatable bonds is 2. The van der Waals surface area contributed by atoms with Gasteiger partial charge in [-0.1, -0.05) is 18.2 Å². The molecule has 1 aliphatic heterocycles. The monoisotopic (exact) mass is 393 g/mol. The Kier molecular flexibility index (Phi) is 4.80. The summed E-state index contributed by atoms with van der Waals surface area (Å²) in [7, 11) is 1.90. The van der Waals surface area contributed by atoms with Gasteiger partial charge in [-0.25, -0.2) is 4.79 Å². The Morgan fingerprint density at radius 1 is 1.12 bits per heavy atom. The first kappa shape index (κ1) is 16.8. The molecule has 24 heavy (non-hydrogen) atoms. The van der Waals surface area contributed by atoms with Crippen LogP contribution in [0.1, 0.15) is 17.4 Å². The molecule has 128 valence electrons. The van der Waals surface area contributed by atoms with Gasteiger partial charge in [0.05, 0.1) is 11.1 Å². The number of hydrogen-bond acceptors (Lipinski definition) is 3. The second kappa shape index (κ2) is 6.84. The standard InChI is InChI=1S/C17H20BrN3O3/c1-3-24-17(23)21-10-8-20(9-11-21)16(22)15-14(18)12-6-4-5-7-13(12)19(15)2/h4-7H,3,8-11H2,1-2H3. The van der Waals surface area contributed by atoms with Crippen LogP contribution in [0.5, 0.6) is 0 Å². The fourth-order valence-electron chi connectivity index (χ4n) is 3.04. The number of benzene rings is 1. The second-order valence-corrected chi connectivity index (χ2v) is 6.51. The van der Waals surface area contributed by atoms with Crippen LogP contribution in [0.4, 0.5) is 4.79 Å². The summed E-state index contributed by atoms with van der Waals surface area (Å²) in [5.41, 5.74) is 1.65. The van der Waals surface area contributed by atoms with Crippen molar-refractivity contribution in [3.63, 3.8) is 0 Å². The van der Waals surface area contributed by atoms with Gasteiger partial charge in [0.1, 0.15) is 5.69 Å². The topological polar surface area (TPSA) is 54.8 Å². The third-order valence-corrected chi connectivity index (χ3v) is 5.14. The van der Waals surface area contributed by atoms with Crippen molar-refractivity contribution in [3.8, 4) is 0 Å². The number of aryl methyl sites for hydroxylation is 1. The van der Waals surface area contributed by atoms with Gasteiger partial charge >= 0.3 is 6.09 Å². The lowest BCUT2D eigenvalue weighted by Crippen LogP contribution is -2.51. The first-order valence-corrected chi connectivity index (χ1v) is 8.77. The molecule has 2 amide bonds. The van der Waals surface area contributed by atoms with Crippen molar-refractivity contribution >= 4 is 38.8 Å². The van der Waals surface area contributed by atoms with E-state index in [4.69, 9.17) is 4.74 Å². The molecule has 7 heteroatoms. The SMILES string of the molecule is CCOC(=O)N1CCN(C(=O)c2c(Br)c3ccccc3n2C)CC1. The van der Waals surface area contributed by atoms with Gasteiger partial charge in [0.2, 0.25) is 0 Å². The van der Waals surface area contributed by atoms with E-state index in [0.717, 1.165) is 15.4 Å². The van der Waals surface area contributed by atoms with Crippen molar-refractivity contribution in [2.24, 2.45) is 7.05 Å². The third kappa shape index (κ3) is 2.88. The van der Waals surface area contributed by atoms with Crippen molar-refractivity contribution in [1.82, 2.24) is 14.4 Å². The molecule has 0 aliphatic carbocycles. The lowest BCUT2D eigenvalue weighted by Gasteiger charge is -2.34. The van der Waals surface area contributed by atoms with E-state index in [-0.39, 0.29) is 12.0 Å². The minimum atomic E-state index is -0.310. The summed E-state index contributed by atoms with van der Waals surface area (Å²) in [6.07, 6.45) is -0.310. The zero-order valence-electron chi connectivity index (χ0n) is 13.8. The molecule has 1 aromatic heterocycles. The third-order valence-electron chi connectivity index (χ3n) is 4.34. The van der Waals surface area contributed by atoms with Gasteiger partial charge in [-0.2, -0.15) is 0 Å². The molecule has 1 fully saturated rings. The fourth-order valence-corrected chi connectivity index (χ4v) is 3.81. The van der Waals surface area contributed by atoms with E-state index in [0.29, 0.717) is 38.5 Å². The minimum Gasteiger partial charge on any atom is -0.450 e. The average Bonchev–Trinajstić information content (AvgIpc) is 2.86. The lowest BCUT2D eigenvalue weighted by atomic mass is 10.2. The van der Waals surface area contributed by atoms with Crippen molar-refractivity contribution in [2.75, 3.05) is 32.8 Å². The zero-order chi connectivity index (χ0) is 17.3. The smallest absolute Gasteiger partial charge is 0.409 e. The van der Waals surface area contributed by atoms with E-state index >= 15 is 0 Å². The van der Waals surface area contributed by atoms with Crippen LogP contribution in [0, 0.1) is 0 Å². The predicted molar refractivity (Wildman–Crippen MR) is 95.1 cm³/mol. The van der Waals surface area contributed by atoms with Crippen LogP contribution >= 0.6 is 15.9 Å². The molecule has 2 aromatic rings. The van der Waals surface area contributed by atoms with Crippen LogP contribution < -0.4 is 0 Å². The van der Waals surface area contributed by atoms with Crippen molar-refractivity contribution in [3.05, 3.63) is 34.4 Å². The van der Waals surface area contributed by atoms with E-state index < -0.39 is 0 Å². The van der Waals surface area contributed by atoms with Crippen LogP contribution in [0.2, 0.25) is 0 Å². The van der Waals surface area contributed by atoms with Gasteiger partial charge in [-0.05, 0) is 28.9 Å². The zero-order valence-corrected chi connectivity index (χ0v) is 15.4. The molecule has 3 rings (SSSR count). The highest BCUT2D eigenvalue weighted by molar-refractivity contribution is 9.10. The molecule has 6 nitrogen and oxygen atoms in total. The molecule has 0 saturated carbocycles. The number of hydrogen-bond donors (Lipinski definition) is 0. The summed E-state index contributed by atoms with van der Waals surface area (Å²) in [5, 5.41) is 1.02. The summed E-state index contributed by atoms with van der Waals surface area (Å²) in [6, 6.07) is 7.91. The number of amides is 2. The quantitative estimate of drug-likeness (QED) is 0.787. The van der Waals surface area contributed by atoms with Gasteiger partial charge in [0.15, 0.2) is 0 Å². The number of nitrogens with zero attached hydrogens (tertiary/aromatic N) is 3. The maximum atomic E-state index is 13.0. The number of fused-ring (bicyclic) bond motifs is 1. The number of piperazine rings is 1. The van der Waals surface area contributed by atoms with E-state index in [9.17, 15) is 9.59 Å². The highest BCUT2D eigenvalue weighted by Gasteiger charge is 2.29. The number of halogens is 1. The molecular formula is C17H20BrN3O3. The first-order chi connectivity index (χ1) is 11.5. The molecule has 0 bridgehead atoms. The molecule has 1 saturated heterocycles. The van der Waals surface area contributed by atoms with E-state index in [1.807, 2.05) is 35.9 Å². The Bertz CT molecular complexity index is 740. The minimum absolute atomic E-state index is 0.0240. The van der Waals surface area contributed by atoms with Crippen LogP contribution in [0.25, 0.3) is 10.9 Å². The number of carbonyl (C=O) groups is 2. The van der Waals surface area contributed by atoms with Crippen molar-refractivity contribution in [2.45, 2.75) is 6.92 Å². The fraction of sp³-hybridized carbons (Fsp3) is 0.412. The van der Waals surface area contributed by atoms with E-state index in [1.54, 1.807) is 16.7 Å². The highest BCUT2D eigenvalue weighted by atomic mass is 79.9. The summed E-state index contributed by atoms with van der Waals surface area (Å²) in [5.74, 6) is -0.0240. The molecule has 0 radical (unpaired) electrons. The van der Waals surface area contributed by atoms with Crippen LogP contribution in [-0.4, -0.2) is 59.2 Å². The van der Waals surface area contributed by atoms with Crippen LogP contribution in [-0.2, 0) is 11.8 Å². The van der Waals surface area contributed by atoms with Gasteiger partial charge in [-0.15, -0.1) is 0 Å². The molecule has 0 spiro atoms. The maximum Gasteiger partial charge on any atom is 0.409 e. The lowest BCUT2D eigenvalue weighted by molar-refractivity contribution is 0.0562. The Morgan fingerprint density at radius 2 is 1.75 bits per heavy atom. The van der Waals surface area contributed by atoms with E-state index in [2.05, 4.69) is 15.9 Å². The number of para-hydroxylation sites is 1. The second-order valence-electron chi connectivity index (χ2n) is 5.72. The largest absolute Gasteiger partial charge is 0.450 e. The van der Waals surface area contributed by atoms with Crippen molar-refractivity contribution in [1.29, 1.82) is 0 Å². The Morgan fingerprint density at radius 3 is 2.38 bits per heavy atom. The van der Waals surface area contributed by atoms with Gasteiger partial charge in [0.25, 0.3) is 5.91 Å². The molecule has 1 aromatic carbocycles. The first-order valence-electron chi connectivity index (χ1n) is 7.98. The molecule has 2 heterocycles. The van der Waals surface area contributed by atoms with Gasteiger partial charge in [0, 0.05) is 44.1 Å². The number of ether oxygens (including phenoxy) is 1. The average molecular weight is 394 g/mol. The van der Waals surface area contributed by atoms with E-state index in [1.165, 1.54) is 0 Å². The van der Waals surface area contributed by atoms with Gasteiger partial charge in [-0.3, -0.25) is 4.79 Å². The molecule has 1 aliphatic rings. The normalized spacial score (nSPS) is 15.0. The Balaban J connectivity index is 1.78. The summed E-state index contributed by atoms with van der Waals surface area (Å²) in [6.45, 7) is 4.14. The molecule has 0 atom stereocenters. The predicted octanol–water partition coefficient (Wildman–Crippen LogP) is 2.86. The summed E-state index contributed by atoms with van der Waals surface area (Å²) in [4.78, 5) is 28.1. The summed E-state index contributed by atoms with van der Waals surface area (Å²) < 4.78 is 7.75. The van der Waals surface area contributed by atoms with Gasteiger partial charge < -0.3 is 19.1 Å². The molecule has 0 N–H and O–H groups in total. The molecule has 0 unspecified atom stereocenters. The van der Waals surface area contributed by atoms with Crippen molar-refractivity contribution < 1.29 is 14.3 Å². The Labute approximate surface area is 149 Å². The van der Waals surface area contributed by atoms with Crippen LogP contribution in [0.3, 0.4) is 0 Å².